The second kappa shape index (κ2) is 5.19. The van der Waals surface area contributed by atoms with E-state index in [4.69, 9.17) is 4.74 Å². The molecule has 1 aliphatic rings. The van der Waals surface area contributed by atoms with E-state index in [1.165, 1.54) is 12.1 Å². The van der Waals surface area contributed by atoms with Crippen LogP contribution in [0.2, 0.25) is 0 Å². The standard InChI is InChI=1S/C17H15F3O/c18-17(19,20)16(14-9-5-2-6-10-14)15(11-12-21-16)13-7-3-1-4-8-13/h1-10,15H,11-12H2. The van der Waals surface area contributed by atoms with Gasteiger partial charge in [-0.2, -0.15) is 13.2 Å². The first-order chi connectivity index (χ1) is 10.1. The molecule has 1 nitrogen and oxygen atoms in total. The molecule has 0 amide bonds. The molecule has 1 aliphatic heterocycles. The van der Waals surface area contributed by atoms with Crippen molar-refractivity contribution in [3.63, 3.8) is 0 Å². The molecule has 21 heavy (non-hydrogen) atoms. The van der Waals surface area contributed by atoms with Crippen LogP contribution in [0.25, 0.3) is 0 Å². The van der Waals surface area contributed by atoms with Gasteiger partial charge in [0, 0.05) is 12.5 Å². The highest BCUT2D eigenvalue weighted by Gasteiger charge is 2.64. The first kappa shape index (κ1) is 14.1. The molecule has 4 heteroatoms. The zero-order chi connectivity index (χ0) is 14.9. The van der Waals surface area contributed by atoms with Crippen molar-refractivity contribution in [3.8, 4) is 0 Å². The van der Waals surface area contributed by atoms with Crippen LogP contribution in [0.5, 0.6) is 0 Å². The number of rotatable bonds is 2. The SMILES string of the molecule is FC(F)(F)C1(c2ccccc2)OCCC1c1ccccc1. The lowest BCUT2D eigenvalue weighted by molar-refractivity contribution is -0.274. The molecule has 110 valence electrons. The molecule has 2 unspecified atom stereocenters. The lowest BCUT2D eigenvalue weighted by Gasteiger charge is -2.37. The van der Waals surface area contributed by atoms with E-state index < -0.39 is 17.7 Å². The van der Waals surface area contributed by atoms with Gasteiger partial charge in [-0.1, -0.05) is 60.7 Å². The molecule has 1 saturated heterocycles. The summed E-state index contributed by atoms with van der Waals surface area (Å²) < 4.78 is 47.1. The van der Waals surface area contributed by atoms with Crippen molar-refractivity contribution in [2.75, 3.05) is 6.61 Å². The second-order valence-electron chi connectivity index (χ2n) is 5.20. The maximum Gasteiger partial charge on any atom is 0.422 e. The summed E-state index contributed by atoms with van der Waals surface area (Å²) in [6.45, 7) is 0.105. The van der Waals surface area contributed by atoms with Crippen molar-refractivity contribution in [1.29, 1.82) is 0 Å². The normalized spacial score (nSPS) is 26.0. The molecule has 1 heterocycles. The smallest absolute Gasteiger partial charge is 0.360 e. The number of halogens is 3. The minimum atomic E-state index is -4.47. The summed E-state index contributed by atoms with van der Waals surface area (Å²) in [4.78, 5) is 0. The number of hydrogen-bond donors (Lipinski definition) is 0. The van der Waals surface area contributed by atoms with Gasteiger partial charge in [0.15, 0.2) is 5.60 Å². The van der Waals surface area contributed by atoms with Crippen molar-refractivity contribution < 1.29 is 17.9 Å². The van der Waals surface area contributed by atoms with Crippen LogP contribution < -0.4 is 0 Å². The zero-order valence-corrected chi connectivity index (χ0v) is 11.3. The Kier molecular flexibility index (Phi) is 3.49. The number of ether oxygens (including phenoxy) is 1. The van der Waals surface area contributed by atoms with Crippen molar-refractivity contribution in [2.24, 2.45) is 0 Å². The number of benzene rings is 2. The summed E-state index contributed by atoms with van der Waals surface area (Å²) in [6, 6.07) is 16.7. The fraction of sp³-hybridized carbons (Fsp3) is 0.294. The van der Waals surface area contributed by atoms with Gasteiger partial charge in [-0.25, -0.2) is 0 Å². The van der Waals surface area contributed by atoms with Crippen LogP contribution in [0.4, 0.5) is 13.2 Å². The van der Waals surface area contributed by atoms with E-state index in [1.54, 1.807) is 48.5 Å². The van der Waals surface area contributed by atoms with Gasteiger partial charge in [0.1, 0.15) is 0 Å². The van der Waals surface area contributed by atoms with Gasteiger partial charge >= 0.3 is 6.18 Å². The summed E-state index contributed by atoms with van der Waals surface area (Å²) >= 11 is 0. The Hall–Kier alpha value is -1.81. The van der Waals surface area contributed by atoms with Crippen LogP contribution >= 0.6 is 0 Å². The fourth-order valence-corrected chi connectivity index (χ4v) is 3.14. The average molecular weight is 292 g/mol. The lowest BCUT2D eigenvalue weighted by Crippen LogP contribution is -2.46. The molecule has 1 fully saturated rings. The largest absolute Gasteiger partial charge is 0.422 e. The molecule has 0 bridgehead atoms. The molecule has 0 saturated carbocycles. The molecular weight excluding hydrogens is 277 g/mol. The highest BCUT2D eigenvalue weighted by atomic mass is 19.4. The van der Waals surface area contributed by atoms with Crippen LogP contribution in [-0.2, 0) is 10.3 Å². The van der Waals surface area contributed by atoms with Crippen LogP contribution in [0.15, 0.2) is 60.7 Å². The van der Waals surface area contributed by atoms with E-state index in [2.05, 4.69) is 0 Å². The maximum atomic E-state index is 13.9. The quantitative estimate of drug-likeness (QED) is 0.783. The van der Waals surface area contributed by atoms with Crippen LogP contribution in [0.1, 0.15) is 23.5 Å². The minimum absolute atomic E-state index is 0.105. The highest BCUT2D eigenvalue weighted by Crippen LogP contribution is 2.56. The van der Waals surface area contributed by atoms with E-state index in [0.717, 1.165) is 0 Å². The van der Waals surface area contributed by atoms with Crippen LogP contribution in [-0.4, -0.2) is 12.8 Å². The van der Waals surface area contributed by atoms with E-state index >= 15 is 0 Å². The second-order valence-corrected chi connectivity index (χ2v) is 5.20. The van der Waals surface area contributed by atoms with Crippen molar-refractivity contribution >= 4 is 0 Å². The molecule has 0 N–H and O–H groups in total. The van der Waals surface area contributed by atoms with E-state index in [0.29, 0.717) is 12.0 Å². The highest BCUT2D eigenvalue weighted by molar-refractivity contribution is 5.34. The Morgan fingerprint density at radius 3 is 2.05 bits per heavy atom. The Morgan fingerprint density at radius 1 is 0.905 bits per heavy atom. The third kappa shape index (κ3) is 2.23. The van der Waals surface area contributed by atoms with Gasteiger partial charge in [-0.15, -0.1) is 0 Å². The molecule has 0 aliphatic carbocycles. The van der Waals surface area contributed by atoms with Gasteiger partial charge in [0.05, 0.1) is 0 Å². The Balaban J connectivity index is 2.16. The first-order valence-corrected chi connectivity index (χ1v) is 6.87. The average Bonchev–Trinajstić information content (AvgIpc) is 2.95. The van der Waals surface area contributed by atoms with Crippen molar-refractivity contribution in [1.82, 2.24) is 0 Å². The molecule has 0 spiro atoms. The summed E-state index contributed by atoms with van der Waals surface area (Å²) in [5, 5.41) is 0. The van der Waals surface area contributed by atoms with E-state index in [-0.39, 0.29) is 12.2 Å². The summed E-state index contributed by atoms with van der Waals surface area (Å²) in [6.07, 6.45) is -4.11. The van der Waals surface area contributed by atoms with Gasteiger partial charge in [0.25, 0.3) is 0 Å². The molecule has 3 rings (SSSR count). The minimum Gasteiger partial charge on any atom is -0.360 e. The molecule has 2 atom stereocenters. The monoisotopic (exact) mass is 292 g/mol. The number of alkyl halides is 3. The van der Waals surface area contributed by atoms with Gasteiger partial charge in [-0.05, 0) is 17.5 Å². The third-order valence-corrected chi connectivity index (χ3v) is 4.05. The van der Waals surface area contributed by atoms with Crippen LogP contribution in [0, 0.1) is 0 Å². The predicted octanol–water partition coefficient (Wildman–Crippen LogP) is 4.65. The Morgan fingerprint density at radius 2 is 1.48 bits per heavy atom. The molecule has 2 aromatic rings. The van der Waals surface area contributed by atoms with E-state index in [9.17, 15) is 13.2 Å². The lowest BCUT2D eigenvalue weighted by atomic mass is 9.77. The summed E-state index contributed by atoms with van der Waals surface area (Å²) in [7, 11) is 0. The molecule has 0 aromatic heterocycles. The Bertz CT molecular complexity index is 594. The number of hydrogen-bond acceptors (Lipinski definition) is 1. The predicted molar refractivity (Wildman–Crippen MR) is 73.9 cm³/mol. The molecule has 2 aromatic carbocycles. The summed E-state index contributed by atoms with van der Waals surface area (Å²) in [5.41, 5.74) is -1.42. The van der Waals surface area contributed by atoms with Gasteiger partial charge in [0.2, 0.25) is 0 Å². The van der Waals surface area contributed by atoms with Gasteiger partial charge < -0.3 is 4.74 Å². The van der Waals surface area contributed by atoms with Crippen LogP contribution in [0.3, 0.4) is 0 Å². The maximum absolute atomic E-state index is 13.9. The molecule has 0 radical (unpaired) electrons. The zero-order valence-electron chi connectivity index (χ0n) is 11.3. The third-order valence-electron chi connectivity index (χ3n) is 4.05. The van der Waals surface area contributed by atoms with Crippen molar-refractivity contribution in [2.45, 2.75) is 24.1 Å². The van der Waals surface area contributed by atoms with Crippen molar-refractivity contribution in [3.05, 3.63) is 71.8 Å². The van der Waals surface area contributed by atoms with E-state index in [1.807, 2.05) is 0 Å². The topological polar surface area (TPSA) is 9.23 Å². The first-order valence-electron chi connectivity index (χ1n) is 6.87. The van der Waals surface area contributed by atoms with Gasteiger partial charge in [-0.3, -0.25) is 0 Å². The Labute approximate surface area is 121 Å². The fourth-order valence-electron chi connectivity index (χ4n) is 3.14. The summed E-state index contributed by atoms with van der Waals surface area (Å²) in [5.74, 6) is -0.721. The molecular formula is C17H15F3O.